The molecular weight excluding hydrogens is 561 g/mol. The molecule has 1 unspecified atom stereocenters. The maximum absolute atomic E-state index is 11.7. The third-order valence-electron chi connectivity index (χ3n) is 3.32. The number of ether oxygens (including phenoxy) is 1. The number of hydrogen-bond acceptors (Lipinski definition) is 6. The molecule has 1 aliphatic heterocycles. The number of carbonyl (C=O) groups excluding carboxylic acids is 1. The van der Waals surface area contributed by atoms with Crippen LogP contribution < -0.4 is 5.32 Å². The van der Waals surface area contributed by atoms with Crippen molar-refractivity contribution in [2.24, 2.45) is 9.98 Å². The SMILES string of the molecule is CCOC(=O)CNc1ccccc1C1=NC(C(Cl)(Cl)Cl)=NC(C(Cl)(Cl)Cl)N1Br. The molecule has 1 N–H and O–H groups in total. The highest BCUT2D eigenvalue weighted by molar-refractivity contribution is 9.07. The third-order valence-corrected chi connectivity index (χ3v) is 5.13. The first-order chi connectivity index (χ1) is 12.9. The van der Waals surface area contributed by atoms with Crippen LogP contribution in [0, 0.1) is 0 Å². The van der Waals surface area contributed by atoms with E-state index in [-0.39, 0.29) is 24.8 Å². The third kappa shape index (κ3) is 6.17. The van der Waals surface area contributed by atoms with Gasteiger partial charge in [0.05, 0.1) is 22.8 Å². The molecule has 1 heterocycles. The van der Waals surface area contributed by atoms with Crippen LogP contribution in [-0.2, 0) is 9.53 Å². The Morgan fingerprint density at radius 3 is 2.46 bits per heavy atom. The normalized spacial score (nSPS) is 17.7. The molecule has 28 heavy (non-hydrogen) atoms. The Bertz CT molecular complexity index is 793. The monoisotopic (exact) mass is 570 g/mol. The standard InChI is InChI=1S/C15H13BrCl6N4O2/c1-2-28-10(27)7-23-9-6-4-3-5-8(9)11-24-12(14(17,18)19)25-13(26(11)16)15(20,21)22/h3-6,13,23H,2,7H2,1H3. The number of aliphatic imine (C=N–C) groups is 2. The number of halogens is 7. The molecule has 1 aromatic rings. The molecule has 0 aliphatic carbocycles. The summed E-state index contributed by atoms with van der Waals surface area (Å²) < 4.78 is 2.48. The van der Waals surface area contributed by atoms with Gasteiger partial charge in [0, 0.05) is 11.3 Å². The molecule has 0 saturated heterocycles. The van der Waals surface area contributed by atoms with Gasteiger partial charge < -0.3 is 10.1 Å². The number of nitrogens with one attached hydrogen (secondary N) is 1. The van der Waals surface area contributed by atoms with E-state index in [1.807, 2.05) is 0 Å². The number of nitrogens with zero attached hydrogens (tertiary/aromatic N) is 3. The van der Waals surface area contributed by atoms with Crippen LogP contribution in [0.25, 0.3) is 0 Å². The van der Waals surface area contributed by atoms with Gasteiger partial charge in [0.2, 0.25) is 7.59 Å². The number of benzene rings is 1. The van der Waals surface area contributed by atoms with Crippen LogP contribution in [-0.4, -0.2) is 48.5 Å². The van der Waals surface area contributed by atoms with Crippen LogP contribution in [0.2, 0.25) is 0 Å². The van der Waals surface area contributed by atoms with E-state index < -0.39 is 19.7 Å². The zero-order valence-corrected chi connectivity index (χ0v) is 20.2. The van der Waals surface area contributed by atoms with E-state index in [0.29, 0.717) is 11.3 Å². The summed E-state index contributed by atoms with van der Waals surface area (Å²) >= 11 is 39.3. The molecule has 0 bridgehead atoms. The topological polar surface area (TPSA) is 66.3 Å². The Labute approximate surface area is 200 Å². The Morgan fingerprint density at radius 1 is 1.25 bits per heavy atom. The minimum absolute atomic E-state index is 0.0558. The largest absolute Gasteiger partial charge is 0.465 e. The molecule has 0 amide bonds. The first-order valence-electron chi connectivity index (χ1n) is 7.69. The summed E-state index contributed by atoms with van der Waals surface area (Å²) in [6.45, 7) is 1.94. The molecule has 2 rings (SSSR count). The van der Waals surface area contributed by atoms with Crippen LogP contribution in [0.1, 0.15) is 12.5 Å². The Balaban J connectivity index is 2.46. The van der Waals surface area contributed by atoms with Gasteiger partial charge in [0.15, 0.2) is 17.8 Å². The van der Waals surface area contributed by atoms with Crippen molar-refractivity contribution in [1.82, 2.24) is 3.93 Å². The van der Waals surface area contributed by atoms with Crippen molar-refractivity contribution in [3.63, 3.8) is 0 Å². The first kappa shape index (κ1) is 24.1. The van der Waals surface area contributed by atoms with Crippen molar-refractivity contribution in [2.75, 3.05) is 18.5 Å². The number of hydrogen-bond donors (Lipinski definition) is 1. The average molecular weight is 574 g/mol. The van der Waals surface area contributed by atoms with Crippen molar-refractivity contribution in [3.8, 4) is 0 Å². The molecule has 1 atom stereocenters. The van der Waals surface area contributed by atoms with Crippen molar-refractivity contribution in [3.05, 3.63) is 29.8 Å². The van der Waals surface area contributed by atoms with Crippen LogP contribution in [0.15, 0.2) is 34.3 Å². The number of amidine groups is 2. The van der Waals surface area contributed by atoms with Crippen molar-refractivity contribution in [2.45, 2.75) is 20.7 Å². The summed E-state index contributed by atoms with van der Waals surface area (Å²) in [6.07, 6.45) is -1.08. The smallest absolute Gasteiger partial charge is 0.325 e. The van der Waals surface area contributed by atoms with Gasteiger partial charge in [0.1, 0.15) is 6.54 Å². The van der Waals surface area contributed by atoms with Gasteiger partial charge in [-0.05, 0) is 19.1 Å². The van der Waals surface area contributed by atoms with Crippen molar-refractivity contribution >= 4 is 109 Å². The highest BCUT2D eigenvalue weighted by Crippen LogP contribution is 2.41. The maximum Gasteiger partial charge on any atom is 0.325 e. The number of rotatable bonds is 5. The zero-order valence-electron chi connectivity index (χ0n) is 14.1. The predicted molar refractivity (Wildman–Crippen MR) is 121 cm³/mol. The van der Waals surface area contributed by atoms with Crippen LogP contribution in [0.5, 0.6) is 0 Å². The molecular formula is C15H13BrCl6N4O2. The van der Waals surface area contributed by atoms with E-state index >= 15 is 0 Å². The fraction of sp³-hybridized carbons (Fsp3) is 0.400. The van der Waals surface area contributed by atoms with Gasteiger partial charge >= 0.3 is 5.97 Å². The molecule has 13 heteroatoms. The minimum Gasteiger partial charge on any atom is -0.465 e. The van der Waals surface area contributed by atoms with E-state index in [9.17, 15) is 4.79 Å². The fourth-order valence-corrected chi connectivity index (χ4v) is 3.92. The molecule has 1 aliphatic rings. The van der Waals surface area contributed by atoms with Crippen molar-refractivity contribution < 1.29 is 9.53 Å². The van der Waals surface area contributed by atoms with Gasteiger partial charge in [-0.1, -0.05) is 81.7 Å². The fourth-order valence-electron chi connectivity index (χ4n) is 2.18. The molecule has 154 valence electrons. The number of para-hydroxylation sites is 1. The van der Waals surface area contributed by atoms with Crippen LogP contribution in [0.4, 0.5) is 5.69 Å². The van der Waals surface area contributed by atoms with E-state index in [0.717, 1.165) is 0 Å². The predicted octanol–water partition coefficient (Wildman–Crippen LogP) is 5.50. The highest BCUT2D eigenvalue weighted by Gasteiger charge is 2.44. The minimum atomic E-state index is -1.94. The Kier molecular flexibility index (Phi) is 8.42. The van der Waals surface area contributed by atoms with Crippen LogP contribution >= 0.6 is 85.8 Å². The summed E-state index contributed by atoms with van der Waals surface area (Å²) in [5.74, 6) is -0.305. The maximum atomic E-state index is 11.7. The van der Waals surface area contributed by atoms with Crippen molar-refractivity contribution in [1.29, 1.82) is 0 Å². The molecule has 6 nitrogen and oxygen atoms in total. The number of anilines is 1. The Morgan fingerprint density at radius 2 is 1.89 bits per heavy atom. The second kappa shape index (κ2) is 9.77. The quantitative estimate of drug-likeness (QED) is 0.287. The molecule has 1 aromatic carbocycles. The van der Waals surface area contributed by atoms with E-state index in [4.69, 9.17) is 74.3 Å². The second-order valence-electron chi connectivity index (χ2n) is 5.32. The zero-order chi connectivity index (χ0) is 21.1. The molecule has 0 saturated carbocycles. The summed E-state index contributed by atoms with van der Waals surface area (Å²) in [6, 6.07) is 7.01. The van der Waals surface area contributed by atoms with E-state index in [2.05, 4.69) is 31.4 Å². The van der Waals surface area contributed by atoms with Gasteiger partial charge in [0.25, 0.3) is 0 Å². The van der Waals surface area contributed by atoms with E-state index in [1.54, 1.807) is 31.2 Å². The lowest BCUT2D eigenvalue weighted by Crippen LogP contribution is -2.46. The molecule has 0 fully saturated rings. The summed E-state index contributed by atoms with van der Waals surface area (Å²) in [5, 5.41) is 2.98. The molecule has 0 radical (unpaired) electrons. The van der Waals surface area contributed by atoms with Gasteiger partial charge in [-0.3, -0.25) is 8.72 Å². The number of carbonyl (C=O) groups is 1. The number of alkyl halides is 6. The first-order valence-corrected chi connectivity index (χ1v) is 10.7. The van der Waals surface area contributed by atoms with Gasteiger partial charge in [-0.25, -0.2) is 9.98 Å². The second-order valence-corrected chi connectivity index (χ2v) is 10.7. The van der Waals surface area contributed by atoms with Gasteiger partial charge in [-0.15, -0.1) is 0 Å². The molecule has 0 spiro atoms. The summed E-state index contributed by atoms with van der Waals surface area (Å²) in [4.78, 5) is 20.1. The highest BCUT2D eigenvalue weighted by atomic mass is 79.9. The Hall–Kier alpha value is -0.150. The number of esters is 1. The summed E-state index contributed by atoms with van der Waals surface area (Å²) in [5.41, 5.74) is 1.11. The van der Waals surface area contributed by atoms with Crippen LogP contribution in [0.3, 0.4) is 0 Å². The summed E-state index contributed by atoms with van der Waals surface area (Å²) in [7, 11) is 0. The molecule has 0 aromatic heterocycles. The lowest BCUT2D eigenvalue weighted by molar-refractivity contribution is -0.140. The van der Waals surface area contributed by atoms with Gasteiger partial charge in [-0.2, -0.15) is 0 Å². The lowest BCUT2D eigenvalue weighted by Gasteiger charge is -2.35. The van der Waals surface area contributed by atoms with E-state index in [1.165, 1.54) is 3.93 Å². The lowest BCUT2D eigenvalue weighted by atomic mass is 10.1. The average Bonchev–Trinajstić information content (AvgIpc) is 2.59.